The Labute approximate surface area is 127 Å². The van der Waals surface area contributed by atoms with Gasteiger partial charge in [-0.1, -0.05) is 22.0 Å². The number of carbonyl (C=O) groups is 1. The Kier molecular flexibility index (Phi) is 4.32. The summed E-state index contributed by atoms with van der Waals surface area (Å²) >= 11 is 3.22. The molecular formula is C14H10BrF3N2O. The number of anilines is 1. The molecule has 0 saturated carbocycles. The minimum Gasteiger partial charge on any atom is -0.307 e. The monoisotopic (exact) mass is 358 g/mol. The maximum atomic E-state index is 12.8. The van der Waals surface area contributed by atoms with Gasteiger partial charge in [-0.15, -0.1) is 0 Å². The molecule has 0 fully saturated rings. The fraction of sp³-hybridized carbons (Fsp3) is 0.143. The number of pyridine rings is 1. The van der Waals surface area contributed by atoms with Crippen molar-refractivity contribution < 1.29 is 18.0 Å². The molecule has 0 aliphatic carbocycles. The Hall–Kier alpha value is -1.89. The lowest BCUT2D eigenvalue weighted by Crippen LogP contribution is -2.15. The number of nitrogens with zero attached hydrogens (tertiary/aromatic N) is 1. The van der Waals surface area contributed by atoms with E-state index in [1.807, 2.05) is 0 Å². The fourth-order valence-corrected chi connectivity index (χ4v) is 2.07. The molecule has 1 amide bonds. The number of hydrogen-bond donors (Lipinski definition) is 1. The average molecular weight is 359 g/mol. The highest BCUT2D eigenvalue weighted by Gasteiger charge is 2.32. The van der Waals surface area contributed by atoms with Gasteiger partial charge < -0.3 is 5.32 Å². The molecule has 3 nitrogen and oxygen atoms in total. The summed E-state index contributed by atoms with van der Waals surface area (Å²) in [4.78, 5) is 15.9. The van der Waals surface area contributed by atoms with Crippen LogP contribution in [0.2, 0.25) is 0 Å². The lowest BCUT2D eigenvalue weighted by atomic mass is 10.0. The summed E-state index contributed by atoms with van der Waals surface area (Å²) in [6.07, 6.45) is -3.02. The average Bonchev–Trinajstić information content (AvgIpc) is 2.37. The second-order valence-electron chi connectivity index (χ2n) is 4.34. The number of alkyl halides is 3. The van der Waals surface area contributed by atoms with Gasteiger partial charge >= 0.3 is 6.18 Å². The van der Waals surface area contributed by atoms with Crippen molar-refractivity contribution in [3.63, 3.8) is 0 Å². The molecule has 0 spiro atoms. The second kappa shape index (κ2) is 5.85. The van der Waals surface area contributed by atoms with Crippen molar-refractivity contribution in [2.45, 2.75) is 13.1 Å². The molecule has 1 aromatic carbocycles. The van der Waals surface area contributed by atoms with Crippen LogP contribution in [0.25, 0.3) is 0 Å². The predicted octanol–water partition coefficient (Wildman–Crippen LogP) is 4.42. The summed E-state index contributed by atoms with van der Waals surface area (Å²) in [6, 6.07) is 6.67. The molecule has 0 bridgehead atoms. The summed E-state index contributed by atoms with van der Waals surface area (Å²) in [5.41, 5.74) is -0.827. The van der Waals surface area contributed by atoms with Crippen LogP contribution in [-0.2, 0) is 6.18 Å². The van der Waals surface area contributed by atoms with Crippen LogP contribution < -0.4 is 5.32 Å². The zero-order valence-corrected chi connectivity index (χ0v) is 12.4. The molecule has 0 aliphatic heterocycles. The molecule has 7 heteroatoms. The molecular weight excluding hydrogens is 349 g/mol. The van der Waals surface area contributed by atoms with E-state index in [1.165, 1.54) is 25.3 Å². The standard InChI is InChI=1S/C14H10BrF3N2O/c1-8-2-3-9(6-11(8)14(16,17)18)13(21)20-12-7-10(15)4-5-19-12/h2-7H,1H3,(H,19,20,21). The van der Waals surface area contributed by atoms with Crippen molar-refractivity contribution >= 4 is 27.7 Å². The van der Waals surface area contributed by atoms with Gasteiger partial charge in [0.05, 0.1) is 5.56 Å². The third-order valence-corrected chi connectivity index (χ3v) is 3.26. The van der Waals surface area contributed by atoms with Gasteiger partial charge in [-0.25, -0.2) is 4.98 Å². The van der Waals surface area contributed by atoms with E-state index in [9.17, 15) is 18.0 Å². The van der Waals surface area contributed by atoms with Gasteiger partial charge in [-0.3, -0.25) is 4.79 Å². The highest BCUT2D eigenvalue weighted by Crippen LogP contribution is 2.32. The van der Waals surface area contributed by atoms with E-state index >= 15 is 0 Å². The first kappa shape index (κ1) is 15.5. The van der Waals surface area contributed by atoms with Crippen molar-refractivity contribution in [1.82, 2.24) is 4.98 Å². The van der Waals surface area contributed by atoms with Gasteiger partial charge in [0.25, 0.3) is 5.91 Å². The van der Waals surface area contributed by atoms with Crippen molar-refractivity contribution in [3.8, 4) is 0 Å². The summed E-state index contributed by atoms with van der Waals surface area (Å²) in [5.74, 6) is -0.394. The molecule has 0 radical (unpaired) electrons. The van der Waals surface area contributed by atoms with E-state index in [1.54, 1.807) is 12.1 Å². The molecule has 2 rings (SSSR count). The normalized spacial score (nSPS) is 11.3. The first-order chi connectivity index (χ1) is 9.77. The van der Waals surface area contributed by atoms with E-state index in [2.05, 4.69) is 26.2 Å². The molecule has 21 heavy (non-hydrogen) atoms. The van der Waals surface area contributed by atoms with Crippen LogP contribution in [0.4, 0.5) is 19.0 Å². The first-order valence-corrected chi connectivity index (χ1v) is 6.67. The lowest BCUT2D eigenvalue weighted by Gasteiger charge is -2.12. The fourth-order valence-electron chi connectivity index (χ4n) is 1.73. The Morgan fingerprint density at radius 3 is 2.57 bits per heavy atom. The van der Waals surface area contributed by atoms with Crippen LogP contribution in [-0.4, -0.2) is 10.9 Å². The molecule has 2 aromatic rings. The Morgan fingerprint density at radius 2 is 1.95 bits per heavy atom. The van der Waals surface area contributed by atoms with Crippen LogP contribution in [0.15, 0.2) is 41.0 Å². The summed E-state index contributed by atoms with van der Waals surface area (Å²) in [7, 11) is 0. The third kappa shape index (κ3) is 3.81. The van der Waals surface area contributed by atoms with E-state index in [0.29, 0.717) is 4.47 Å². The van der Waals surface area contributed by atoms with Crippen molar-refractivity contribution in [3.05, 3.63) is 57.7 Å². The van der Waals surface area contributed by atoms with E-state index < -0.39 is 17.6 Å². The third-order valence-electron chi connectivity index (χ3n) is 2.77. The number of amides is 1. The van der Waals surface area contributed by atoms with Crippen LogP contribution in [0.1, 0.15) is 21.5 Å². The van der Waals surface area contributed by atoms with Crippen molar-refractivity contribution in [2.75, 3.05) is 5.32 Å². The van der Waals surface area contributed by atoms with Gasteiger partial charge in [0.2, 0.25) is 0 Å². The molecule has 0 atom stereocenters. The van der Waals surface area contributed by atoms with Crippen LogP contribution in [0.5, 0.6) is 0 Å². The molecule has 1 aromatic heterocycles. The van der Waals surface area contributed by atoms with Gasteiger partial charge in [-0.05, 0) is 36.8 Å². The van der Waals surface area contributed by atoms with Gasteiger partial charge in [0.15, 0.2) is 0 Å². The smallest absolute Gasteiger partial charge is 0.307 e. The quantitative estimate of drug-likeness (QED) is 0.862. The van der Waals surface area contributed by atoms with Crippen LogP contribution in [0.3, 0.4) is 0 Å². The largest absolute Gasteiger partial charge is 0.416 e. The summed E-state index contributed by atoms with van der Waals surface area (Å²) in [6.45, 7) is 1.35. The van der Waals surface area contributed by atoms with Crippen LogP contribution >= 0.6 is 15.9 Å². The zero-order chi connectivity index (χ0) is 15.6. The molecule has 0 unspecified atom stereocenters. The van der Waals surface area contributed by atoms with Gasteiger partial charge in [-0.2, -0.15) is 13.2 Å². The number of carbonyl (C=O) groups excluding carboxylic acids is 1. The maximum absolute atomic E-state index is 12.8. The van der Waals surface area contributed by atoms with Crippen molar-refractivity contribution in [2.24, 2.45) is 0 Å². The maximum Gasteiger partial charge on any atom is 0.416 e. The number of aryl methyl sites for hydroxylation is 1. The number of benzene rings is 1. The van der Waals surface area contributed by atoms with Crippen LogP contribution in [0, 0.1) is 6.92 Å². The van der Waals surface area contributed by atoms with E-state index in [-0.39, 0.29) is 16.9 Å². The Bertz CT molecular complexity index is 686. The highest BCUT2D eigenvalue weighted by molar-refractivity contribution is 9.10. The highest BCUT2D eigenvalue weighted by atomic mass is 79.9. The molecule has 1 heterocycles. The topological polar surface area (TPSA) is 42.0 Å². The Balaban J connectivity index is 2.28. The SMILES string of the molecule is Cc1ccc(C(=O)Nc2cc(Br)ccn2)cc1C(F)(F)F. The zero-order valence-electron chi connectivity index (χ0n) is 10.8. The van der Waals surface area contributed by atoms with Gasteiger partial charge in [0, 0.05) is 16.2 Å². The molecule has 110 valence electrons. The number of hydrogen-bond acceptors (Lipinski definition) is 2. The van der Waals surface area contributed by atoms with E-state index in [4.69, 9.17) is 0 Å². The number of aromatic nitrogens is 1. The predicted molar refractivity (Wildman–Crippen MR) is 76.1 cm³/mol. The minimum atomic E-state index is -4.49. The minimum absolute atomic E-state index is 0.0691. The second-order valence-corrected chi connectivity index (χ2v) is 5.26. The lowest BCUT2D eigenvalue weighted by molar-refractivity contribution is -0.138. The van der Waals surface area contributed by atoms with Gasteiger partial charge in [0.1, 0.15) is 5.82 Å². The Morgan fingerprint density at radius 1 is 1.24 bits per heavy atom. The summed E-state index contributed by atoms with van der Waals surface area (Å²) in [5, 5.41) is 2.45. The molecule has 1 N–H and O–H groups in total. The van der Waals surface area contributed by atoms with E-state index in [0.717, 1.165) is 6.07 Å². The number of halogens is 4. The molecule has 0 saturated heterocycles. The number of nitrogens with one attached hydrogen (secondary N) is 1. The molecule has 0 aliphatic rings. The van der Waals surface area contributed by atoms with Crippen molar-refractivity contribution in [1.29, 1.82) is 0 Å². The first-order valence-electron chi connectivity index (χ1n) is 5.88. The summed E-state index contributed by atoms with van der Waals surface area (Å²) < 4.78 is 39.2. The number of rotatable bonds is 2.